The average molecular weight is 391 g/mol. The van der Waals surface area contributed by atoms with E-state index >= 15 is 0 Å². The van der Waals surface area contributed by atoms with E-state index in [0.717, 1.165) is 17.5 Å². The predicted octanol–water partition coefficient (Wildman–Crippen LogP) is 3.37. The van der Waals surface area contributed by atoms with Crippen LogP contribution in [0.2, 0.25) is 0 Å². The van der Waals surface area contributed by atoms with Crippen LogP contribution in [-0.2, 0) is 6.42 Å². The SMILES string of the molecule is COc1cc(CCC(N)c2cc(OC)c(OC)c(OC)c2)cc(OC)c1OC. The average Bonchev–Trinajstić information content (AvgIpc) is 2.75. The monoisotopic (exact) mass is 391 g/mol. The second-order valence-corrected chi connectivity index (χ2v) is 6.14. The van der Waals surface area contributed by atoms with Gasteiger partial charge in [0.25, 0.3) is 0 Å². The summed E-state index contributed by atoms with van der Waals surface area (Å²) in [6.45, 7) is 0. The van der Waals surface area contributed by atoms with Gasteiger partial charge in [-0.3, -0.25) is 0 Å². The van der Waals surface area contributed by atoms with Gasteiger partial charge in [-0.05, 0) is 48.2 Å². The number of rotatable bonds is 10. The van der Waals surface area contributed by atoms with Crippen molar-refractivity contribution in [2.24, 2.45) is 5.73 Å². The molecule has 0 aliphatic carbocycles. The first-order valence-electron chi connectivity index (χ1n) is 8.87. The molecule has 0 spiro atoms. The van der Waals surface area contributed by atoms with Crippen LogP contribution in [0.4, 0.5) is 0 Å². The summed E-state index contributed by atoms with van der Waals surface area (Å²) in [6.07, 6.45) is 1.44. The van der Waals surface area contributed by atoms with Crippen LogP contribution in [0.3, 0.4) is 0 Å². The number of nitrogens with two attached hydrogens (primary N) is 1. The molecule has 7 nitrogen and oxygen atoms in total. The van der Waals surface area contributed by atoms with E-state index in [1.165, 1.54) is 0 Å². The Morgan fingerprint density at radius 3 is 1.39 bits per heavy atom. The fourth-order valence-corrected chi connectivity index (χ4v) is 3.08. The molecule has 2 rings (SSSR count). The zero-order valence-corrected chi connectivity index (χ0v) is 17.3. The lowest BCUT2D eigenvalue weighted by Gasteiger charge is -2.18. The van der Waals surface area contributed by atoms with Gasteiger partial charge in [-0.15, -0.1) is 0 Å². The quantitative estimate of drug-likeness (QED) is 0.665. The molecule has 0 saturated carbocycles. The second-order valence-electron chi connectivity index (χ2n) is 6.14. The van der Waals surface area contributed by atoms with Crippen LogP contribution in [0.1, 0.15) is 23.6 Å². The van der Waals surface area contributed by atoms with Crippen molar-refractivity contribution in [2.45, 2.75) is 18.9 Å². The van der Waals surface area contributed by atoms with Gasteiger partial charge in [0, 0.05) is 6.04 Å². The molecular formula is C21H29NO6. The van der Waals surface area contributed by atoms with Crippen molar-refractivity contribution in [2.75, 3.05) is 42.7 Å². The topological polar surface area (TPSA) is 81.4 Å². The van der Waals surface area contributed by atoms with Crippen LogP contribution in [-0.4, -0.2) is 42.7 Å². The van der Waals surface area contributed by atoms with Crippen LogP contribution >= 0.6 is 0 Å². The van der Waals surface area contributed by atoms with Crippen LogP contribution < -0.4 is 34.2 Å². The fourth-order valence-electron chi connectivity index (χ4n) is 3.08. The molecule has 1 atom stereocenters. The molecule has 0 aromatic heterocycles. The summed E-state index contributed by atoms with van der Waals surface area (Å²) in [7, 11) is 9.53. The molecule has 7 heteroatoms. The lowest BCUT2D eigenvalue weighted by molar-refractivity contribution is 0.323. The molecule has 1 unspecified atom stereocenters. The molecule has 0 amide bonds. The standard InChI is InChI=1S/C21H29NO6/c1-23-16-9-13(10-17(24-2)20(16)27-5)7-8-15(22)14-11-18(25-3)21(28-6)19(12-14)26-4/h9-12,15H,7-8,22H2,1-6H3. The fraction of sp³-hybridized carbons (Fsp3) is 0.429. The molecule has 0 saturated heterocycles. The van der Waals surface area contributed by atoms with E-state index in [4.69, 9.17) is 34.2 Å². The van der Waals surface area contributed by atoms with Gasteiger partial charge in [0.1, 0.15) is 0 Å². The molecule has 0 aliphatic rings. The third-order valence-corrected chi connectivity index (χ3v) is 4.58. The number of methoxy groups -OCH3 is 6. The van der Waals surface area contributed by atoms with Crippen molar-refractivity contribution in [1.29, 1.82) is 0 Å². The van der Waals surface area contributed by atoms with Gasteiger partial charge in [0.05, 0.1) is 42.7 Å². The Morgan fingerprint density at radius 1 is 0.643 bits per heavy atom. The van der Waals surface area contributed by atoms with Crippen molar-refractivity contribution in [3.05, 3.63) is 35.4 Å². The van der Waals surface area contributed by atoms with E-state index in [2.05, 4.69) is 0 Å². The number of hydrogen-bond acceptors (Lipinski definition) is 7. The summed E-state index contributed by atoms with van der Waals surface area (Å²) in [4.78, 5) is 0. The van der Waals surface area contributed by atoms with Crippen molar-refractivity contribution in [3.63, 3.8) is 0 Å². The van der Waals surface area contributed by atoms with Gasteiger partial charge in [0.15, 0.2) is 23.0 Å². The van der Waals surface area contributed by atoms with Gasteiger partial charge in [-0.2, -0.15) is 0 Å². The molecule has 154 valence electrons. The van der Waals surface area contributed by atoms with E-state index < -0.39 is 0 Å². The molecular weight excluding hydrogens is 362 g/mol. The highest BCUT2D eigenvalue weighted by molar-refractivity contribution is 5.55. The second kappa shape index (κ2) is 9.94. The molecule has 2 aromatic rings. The van der Waals surface area contributed by atoms with Crippen molar-refractivity contribution >= 4 is 0 Å². The smallest absolute Gasteiger partial charge is 0.203 e. The summed E-state index contributed by atoms with van der Waals surface area (Å²) >= 11 is 0. The Bertz CT molecular complexity index is 742. The van der Waals surface area contributed by atoms with E-state index in [0.29, 0.717) is 40.9 Å². The van der Waals surface area contributed by atoms with Crippen molar-refractivity contribution in [3.8, 4) is 34.5 Å². The van der Waals surface area contributed by atoms with Crippen molar-refractivity contribution in [1.82, 2.24) is 0 Å². The Hall–Kier alpha value is -2.80. The molecule has 0 aliphatic heterocycles. The largest absolute Gasteiger partial charge is 0.493 e. The highest BCUT2D eigenvalue weighted by atomic mass is 16.5. The molecule has 0 radical (unpaired) electrons. The highest BCUT2D eigenvalue weighted by Gasteiger charge is 2.18. The molecule has 2 N–H and O–H groups in total. The van der Waals surface area contributed by atoms with Crippen LogP contribution in [0.5, 0.6) is 34.5 Å². The van der Waals surface area contributed by atoms with E-state index in [1.807, 2.05) is 24.3 Å². The maximum absolute atomic E-state index is 6.44. The van der Waals surface area contributed by atoms with Gasteiger partial charge in [0.2, 0.25) is 11.5 Å². The Labute approximate surface area is 166 Å². The first-order valence-corrected chi connectivity index (χ1v) is 8.87. The Balaban J connectivity index is 2.23. The maximum atomic E-state index is 6.44. The van der Waals surface area contributed by atoms with E-state index in [1.54, 1.807) is 42.7 Å². The van der Waals surface area contributed by atoms with E-state index in [-0.39, 0.29) is 6.04 Å². The molecule has 0 bridgehead atoms. The number of aryl methyl sites for hydroxylation is 1. The summed E-state index contributed by atoms with van der Waals surface area (Å²) < 4.78 is 32.4. The third-order valence-electron chi connectivity index (χ3n) is 4.58. The number of ether oxygens (including phenoxy) is 6. The summed E-state index contributed by atoms with van der Waals surface area (Å²) in [5, 5.41) is 0. The minimum absolute atomic E-state index is 0.215. The lowest BCUT2D eigenvalue weighted by Crippen LogP contribution is -2.12. The summed E-state index contributed by atoms with van der Waals surface area (Å²) in [5.74, 6) is 3.53. The lowest BCUT2D eigenvalue weighted by atomic mass is 9.98. The zero-order chi connectivity index (χ0) is 20.7. The van der Waals surface area contributed by atoms with Crippen LogP contribution in [0, 0.1) is 0 Å². The molecule has 0 fully saturated rings. The Kier molecular flexibility index (Phi) is 7.63. The first-order chi connectivity index (χ1) is 13.5. The van der Waals surface area contributed by atoms with Crippen LogP contribution in [0.15, 0.2) is 24.3 Å². The van der Waals surface area contributed by atoms with Gasteiger partial charge >= 0.3 is 0 Å². The molecule has 28 heavy (non-hydrogen) atoms. The minimum Gasteiger partial charge on any atom is -0.493 e. The summed E-state index contributed by atoms with van der Waals surface area (Å²) in [5.41, 5.74) is 8.38. The maximum Gasteiger partial charge on any atom is 0.203 e. The third kappa shape index (κ3) is 4.54. The van der Waals surface area contributed by atoms with E-state index in [9.17, 15) is 0 Å². The minimum atomic E-state index is -0.215. The van der Waals surface area contributed by atoms with Gasteiger partial charge < -0.3 is 34.2 Å². The summed E-state index contributed by atoms with van der Waals surface area (Å²) in [6, 6.07) is 7.40. The Morgan fingerprint density at radius 2 is 1.04 bits per heavy atom. The zero-order valence-electron chi connectivity index (χ0n) is 17.3. The van der Waals surface area contributed by atoms with Crippen LogP contribution in [0.25, 0.3) is 0 Å². The van der Waals surface area contributed by atoms with Gasteiger partial charge in [-0.25, -0.2) is 0 Å². The molecule has 2 aromatic carbocycles. The van der Waals surface area contributed by atoms with Gasteiger partial charge in [-0.1, -0.05) is 0 Å². The van der Waals surface area contributed by atoms with Crippen molar-refractivity contribution < 1.29 is 28.4 Å². The normalized spacial score (nSPS) is 11.5. The number of benzene rings is 2. The molecule has 0 heterocycles. The highest BCUT2D eigenvalue weighted by Crippen LogP contribution is 2.41. The first kappa shape index (κ1) is 21.5. The predicted molar refractivity (Wildman–Crippen MR) is 107 cm³/mol. The number of hydrogen-bond donors (Lipinski definition) is 1.